The van der Waals surface area contributed by atoms with Crippen LogP contribution in [0, 0.1) is 0 Å². The topological polar surface area (TPSA) is 44.5 Å². The lowest BCUT2D eigenvalue weighted by Crippen LogP contribution is -2.17. The van der Waals surface area contributed by atoms with Gasteiger partial charge in [-0.2, -0.15) is 0 Å². The SMILES string of the molecule is CCc1c(CCCCN)cc2c(c1Br)OCCO2. The van der Waals surface area contributed by atoms with Crippen molar-refractivity contribution in [3.63, 3.8) is 0 Å². The van der Waals surface area contributed by atoms with Gasteiger partial charge >= 0.3 is 0 Å². The summed E-state index contributed by atoms with van der Waals surface area (Å²) in [6, 6.07) is 2.13. The third kappa shape index (κ3) is 2.81. The molecule has 0 aromatic heterocycles. The van der Waals surface area contributed by atoms with Crippen molar-refractivity contribution in [2.24, 2.45) is 5.73 Å². The van der Waals surface area contributed by atoms with E-state index in [-0.39, 0.29) is 0 Å². The third-order valence-corrected chi connectivity index (χ3v) is 4.06. The highest BCUT2D eigenvalue weighted by atomic mass is 79.9. The molecule has 1 aliphatic rings. The average molecular weight is 314 g/mol. The van der Waals surface area contributed by atoms with E-state index >= 15 is 0 Å². The maximum absolute atomic E-state index is 5.69. The normalized spacial score (nSPS) is 13.7. The molecule has 0 bridgehead atoms. The van der Waals surface area contributed by atoms with Gasteiger partial charge in [0.25, 0.3) is 0 Å². The summed E-state index contributed by atoms with van der Waals surface area (Å²) < 4.78 is 12.4. The van der Waals surface area contributed by atoms with Crippen molar-refractivity contribution in [2.45, 2.75) is 32.6 Å². The third-order valence-electron chi connectivity index (χ3n) is 3.22. The van der Waals surface area contributed by atoms with Crippen molar-refractivity contribution in [2.75, 3.05) is 19.8 Å². The fourth-order valence-electron chi connectivity index (χ4n) is 2.30. The molecule has 3 nitrogen and oxygen atoms in total. The number of hydrogen-bond donors (Lipinski definition) is 1. The zero-order valence-corrected chi connectivity index (χ0v) is 12.4. The molecule has 2 N–H and O–H groups in total. The molecule has 0 aliphatic carbocycles. The Hall–Kier alpha value is -0.740. The lowest BCUT2D eigenvalue weighted by Gasteiger charge is -2.23. The van der Waals surface area contributed by atoms with Crippen LogP contribution in [0.25, 0.3) is 0 Å². The molecule has 0 saturated carbocycles. The van der Waals surface area contributed by atoms with Gasteiger partial charge in [0.15, 0.2) is 11.5 Å². The summed E-state index contributed by atoms with van der Waals surface area (Å²) in [5.41, 5.74) is 8.23. The van der Waals surface area contributed by atoms with E-state index in [1.807, 2.05) is 0 Å². The van der Waals surface area contributed by atoms with Gasteiger partial charge in [0.2, 0.25) is 0 Å². The number of ether oxygens (including phenoxy) is 2. The van der Waals surface area contributed by atoms with Gasteiger partial charge in [-0.1, -0.05) is 6.92 Å². The van der Waals surface area contributed by atoms with Crippen LogP contribution in [0.2, 0.25) is 0 Å². The second-order valence-electron chi connectivity index (χ2n) is 4.45. The lowest BCUT2D eigenvalue weighted by atomic mass is 9.99. The average Bonchev–Trinajstić information content (AvgIpc) is 2.39. The Balaban J connectivity index is 2.30. The molecule has 0 spiro atoms. The second-order valence-corrected chi connectivity index (χ2v) is 5.24. The first-order valence-corrected chi connectivity index (χ1v) is 7.37. The lowest BCUT2D eigenvalue weighted by molar-refractivity contribution is 0.170. The van der Waals surface area contributed by atoms with E-state index in [9.17, 15) is 0 Å². The number of rotatable bonds is 5. The fraction of sp³-hybridized carbons (Fsp3) is 0.571. The zero-order chi connectivity index (χ0) is 13.0. The molecule has 1 aromatic carbocycles. The van der Waals surface area contributed by atoms with E-state index in [2.05, 4.69) is 28.9 Å². The molecule has 1 aliphatic heterocycles. The van der Waals surface area contributed by atoms with Crippen molar-refractivity contribution in [1.29, 1.82) is 0 Å². The Kier molecular flexibility index (Phi) is 4.89. The highest BCUT2D eigenvalue weighted by molar-refractivity contribution is 9.10. The smallest absolute Gasteiger partial charge is 0.175 e. The van der Waals surface area contributed by atoms with Gasteiger partial charge in [0.1, 0.15) is 13.2 Å². The van der Waals surface area contributed by atoms with Crippen LogP contribution in [0.3, 0.4) is 0 Å². The van der Waals surface area contributed by atoms with Gasteiger partial charge in [0.05, 0.1) is 4.47 Å². The first-order chi connectivity index (χ1) is 8.77. The van der Waals surface area contributed by atoms with Crippen LogP contribution < -0.4 is 15.2 Å². The predicted molar refractivity (Wildman–Crippen MR) is 76.5 cm³/mol. The molecular formula is C14H20BrNO2. The van der Waals surface area contributed by atoms with Gasteiger partial charge in [-0.3, -0.25) is 0 Å². The number of hydrogen-bond acceptors (Lipinski definition) is 3. The van der Waals surface area contributed by atoms with Crippen LogP contribution >= 0.6 is 15.9 Å². The van der Waals surface area contributed by atoms with E-state index < -0.39 is 0 Å². The minimum Gasteiger partial charge on any atom is -0.486 e. The van der Waals surface area contributed by atoms with Crippen molar-refractivity contribution in [3.8, 4) is 11.5 Å². The Morgan fingerprint density at radius 2 is 2.06 bits per heavy atom. The minimum absolute atomic E-state index is 0.626. The Bertz CT molecular complexity index is 421. The molecule has 0 radical (unpaired) electrons. The molecular weight excluding hydrogens is 294 g/mol. The molecule has 0 fully saturated rings. The van der Waals surface area contributed by atoms with E-state index in [1.54, 1.807) is 0 Å². The van der Waals surface area contributed by atoms with Crippen LogP contribution in [-0.2, 0) is 12.8 Å². The van der Waals surface area contributed by atoms with Crippen LogP contribution in [0.5, 0.6) is 11.5 Å². The molecule has 4 heteroatoms. The molecule has 0 amide bonds. The number of fused-ring (bicyclic) bond motifs is 1. The van der Waals surface area contributed by atoms with E-state index in [1.165, 1.54) is 11.1 Å². The first kappa shape index (κ1) is 13.7. The van der Waals surface area contributed by atoms with Gasteiger partial charge in [-0.15, -0.1) is 0 Å². The molecule has 1 heterocycles. The van der Waals surface area contributed by atoms with Gasteiger partial charge < -0.3 is 15.2 Å². The summed E-state index contributed by atoms with van der Waals surface area (Å²) in [6.07, 6.45) is 4.23. The van der Waals surface area contributed by atoms with Gasteiger partial charge in [-0.05, 0) is 65.4 Å². The summed E-state index contributed by atoms with van der Waals surface area (Å²) in [6.45, 7) is 4.18. The van der Waals surface area contributed by atoms with Crippen LogP contribution in [0.1, 0.15) is 30.9 Å². The van der Waals surface area contributed by atoms with Crippen molar-refractivity contribution in [3.05, 3.63) is 21.7 Å². The Morgan fingerprint density at radius 3 is 2.78 bits per heavy atom. The van der Waals surface area contributed by atoms with E-state index in [0.29, 0.717) is 13.2 Å². The quantitative estimate of drug-likeness (QED) is 0.850. The standard InChI is InChI=1S/C14H20BrNO2/c1-2-11-10(5-3-4-6-16)9-12-14(13(11)15)18-8-7-17-12/h9H,2-8,16H2,1H3. The Labute approximate surface area is 117 Å². The van der Waals surface area contributed by atoms with Gasteiger partial charge in [0, 0.05) is 0 Å². The molecule has 18 heavy (non-hydrogen) atoms. The van der Waals surface area contributed by atoms with Gasteiger partial charge in [-0.25, -0.2) is 0 Å². The van der Waals surface area contributed by atoms with Crippen molar-refractivity contribution < 1.29 is 9.47 Å². The molecule has 0 atom stereocenters. The molecule has 2 rings (SSSR count). The minimum atomic E-state index is 0.626. The fourth-order valence-corrected chi connectivity index (χ4v) is 3.14. The first-order valence-electron chi connectivity index (χ1n) is 6.57. The number of halogens is 1. The monoisotopic (exact) mass is 313 g/mol. The van der Waals surface area contributed by atoms with Crippen LogP contribution in [0.4, 0.5) is 0 Å². The Morgan fingerprint density at radius 1 is 1.28 bits per heavy atom. The summed E-state index contributed by atoms with van der Waals surface area (Å²) in [5.74, 6) is 1.73. The number of unbranched alkanes of at least 4 members (excludes halogenated alkanes) is 1. The number of nitrogens with two attached hydrogens (primary N) is 1. The molecule has 0 saturated heterocycles. The van der Waals surface area contributed by atoms with E-state index in [4.69, 9.17) is 15.2 Å². The van der Waals surface area contributed by atoms with Crippen LogP contribution in [-0.4, -0.2) is 19.8 Å². The predicted octanol–water partition coefficient (Wildman–Crippen LogP) is 3.06. The molecule has 0 unspecified atom stereocenters. The number of aryl methyl sites for hydroxylation is 1. The second kappa shape index (κ2) is 6.43. The summed E-state index contributed by atoms with van der Waals surface area (Å²) in [4.78, 5) is 0. The molecule has 1 aromatic rings. The van der Waals surface area contributed by atoms with Crippen molar-refractivity contribution in [1.82, 2.24) is 0 Å². The largest absolute Gasteiger partial charge is 0.486 e. The maximum atomic E-state index is 5.69. The summed E-state index contributed by atoms with van der Waals surface area (Å²) in [7, 11) is 0. The molecule has 100 valence electrons. The summed E-state index contributed by atoms with van der Waals surface area (Å²) >= 11 is 3.66. The highest BCUT2D eigenvalue weighted by Crippen LogP contribution is 2.42. The van der Waals surface area contributed by atoms with E-state index in [0.717, 1.165) is 48.2 Å². The van der Waals surface area contributed by atoms with Crippen LogP contribution in [0.15, 0.2) is 10.5 Å². The highest BCUT2D eigenvalue weighted by Gasteiger charge is 2.20. The van der Waals surface area contributed by atoms with Crippen molar-refractivity contribution >= 4 is 15.9 Å². The number of benzene rings is 1. The maximum Gasteiger partial charge on any atom is 0.175 e. The zero-order valence-electron chi connectivity index (χ0n) is 10.8. The summed E-state index contributed by atoms with van der Waals surface area (Å²) in [5, 5.41) is 0.